The Hall–Kier alpha value is -1.80. The van der Waals surface area contributed by atoms with Crippen molar-refractivity contribution < 1.29 is 4.74 Å². The molecule has 22 heavy (non-hydrogen) atoms. The number of piperidine rings is 1. The molecular weight excluding hydrogens is 270 g/mol. The molecule has 2 aromatic rings. The standard InChI is InChI=1S/C20H25NO/c1-16-7-8-19(13-17-9-11-21-12-10-17)14-20(16)22-15-18-5-3-2-4-6-18/h2-8,14,17,21H,9-13,15H2,1H3. The number of ether oxygens (including phenoxy) is 1. The largest absolute Gasteiger partial charge is 0.489 e. The molecule has 1 N–H and O–H groups in total. The van der Waals surface area contributed by atoms with Gasteiger partial charge in [0.1, 0.15) is 12.4 Å². The monoisotopic (exact) mass is 295 g/mol. The zero-order valence-electron chi connectivity index (χ0n) is 13.3. The van der Waals surface area contributed by atoms with Gasteiger partial charge in [-0.3, -0.25) is 0 Å². The van der Waals surface area contributed by atoms with E-state index in [2.05, 4.69) is 54.7 Å². The van der Waals surface area contributed by atoms with Gasteiger partial charge in [-0.15, -0.1) is 0 Å². The van der Waals surface area contributed by atoms with Crippen molar-refractivity contribution in [3.8, 4) is 5.75 Å². The minimum Gasteiger partial charge on any atom is -0.489 e. The zero-order chi connectivity index (χ0) is 15.2. The van der Waals surface area contributed by atoms with Gasteiger partial charge in [-0.25, -0.2) is 0 Å². The van der Waals surface area contributed by atoms with E-state index in [-0.39, 0.29) is 0 Å². The molecule has 3 rings (SSSR count). The maximum Gasteiger partial charge on any atom is 0.122 e. The number of aryl methyl sites for hydroxylation is 1. The predicted octanol–water partition coefficient (Wildman–Crippen LogP) is 4.12. The van der Waals surface area contributed by atoms with Crippen molar-refractivity contribution in [2.45, 2.75) is 32.8 Å². The summed E-state index contributed by atoms with van der Waals surface area (Å²) < 4.78 is 6.04. The molecule has 116 valence electrons. The van der Waals surface area contributed by atoms with Crippen molar-refractivity contribution in [3.05, 3.63) is 65.2 Å². The molecule has 0 radical (unpaired) electrons. The second-order valence-electron chi connectivity index (χ2n) is 6.27. The molecule has 2 nitrogen and oxygen atoms in total. The number of rotatable bonds is 5. The van der Waals surface area contributed by atoms with Gasteiger partial charge in [-0.1, -0.05) is 42.5 Å². The molecule has 1 aliphatic rings. The number of hydrogen-bond donors (Lipinski definition) is 1. The molecule has 0 amide bonds. The highest BCUT2D eigenvalue weighted by molar-refractivity contribution is 5.37. The Labute approximate surface area is 133 Å². The molecule has 0 bridgehead atoms. The number of benzene rings is 2. The second-order valence-corrected chi connectivity index (χ2v) is 6.27. The van der Waals surface area contributed by atoms with Gasteiger partial charge >= 0.3 is 0 Å². The number of nitrogens with one attached hydrogen (secondary N) is 1. The van der Waals surface area contributed by atoms with Crippen molar-refractivity contribution in [3.63, 3.8) is 0 Å². The van der Waals surface area contributed by atoms with Crippen LogP contribution < -0.4 is 10.1 Å². The van der Waals surface area contributed by atoms with Gasteiger partial charge < -0.3 is 10.1 Å². The molecule has 0 atom stereocenters. The van der Waals surface area contributed by atoms with Crippen LogP contribution in [0.5, 0.6) is 5.75 Å². The third kappa shape index (κ3) is 4.11. The lowest BCUT2D eigenvalue weighted by molar-refractivity contribution is 0.303. The van der Waals surface area contributed by atoms with Crippen LogP contribution in [0.1, 0.15) is 29.5 Å². The van der Waals surface area contributed by atoms with Gasteiger partial charge in [-0.05, 0) is 68.0 Å². The maximum absolute atomic E-state index is 6.04. The van der Waals surface area contributed by atoms with Gasteiger partial charge in [0.15, 0.2) is 0 Å². The topological polar surface area (TPSA) is 21.3 Å². The summed E-state index contributed by atoms with van der Waals surface area (Å²) in [6, 6.07) is 17.0. The van der Waals surface area contributed by atoms with Crippen LogP contribution in [-0.2, 0) is 13.0 Å². The highest BCUT2D eigenvalue weighted by atomic mass is 16.5. The van der Waals surface area contributed by atoms with E-state index in [4.69, 9.17) is 4.74 Å². The van der Waals surface area contributed by atoms with E-state index in [1.54, 1.807) is 0 Å². The normalized spacial score (nSPS) is 15.7. The van der Waals surface area contributed by atoms with Gasteiger partial charge in [0.05, 0.1) is 0 Å². The SMILES string of the molecule is Cc1ccc(CC2CCNCC2)cc1OCc1ccccc1. The summed E-state index contributed by atoms with van der Waals surface area (Å²) in [7, 11) is 0. The van der Waals surface area contributed by atoms with E-state index in [9.17, 15) is 0 Å². The van der Waals surface area contributed by atoms with E-state index in [0.29, 0.717) is 6.61 Å². The van der Waals surface area contributed by atoms with E-state index in [0.717, 1.165) is 24.8 Å². The Morgan fingerprint density at radius 1 is 1.00 bits per heavy atom. The van der Waals surface area contributed by atoms with Crippen molar-refractivity contribution in [1.29, 1.82) is 0 Å². The Kier molecular flexibility index (Phi) is 5.12. The molecule has 2 heteroatoms. The first-order valence-electron chi connectivity index (χ1n) is 8.28. The van der Waals surface area contributed by atoms with Gasteiger partial charge in [0.25, 0.3) is 0 Å². The first-order valence-corrected chi connectivity index (χ1v) is 8.28. The van der Waals surface area contributed by atoms with Crippen LogP contribution in [0.2, 0.25) is 0 Å². The first kappa shape index (κ1) is 15.1. The summed E-state index contributed by atoms with van der Waals surface area (Å²) in [4.78, 5) is 0. The van der Waals surface area contributed by atoms with Gasteiger partial charge in [0, 0.05) is 0 Å². The van der Waals surface area contributed by atoms with E-state index >= 15 is 0 Å². The van der Waals surface area contributed by atoms with Gasteiger partial charge in [0.2, 0.25) is 0 Å². The minimum atomic E-state index is 0.637. The Balaban J connectivity index is 1.64. The molecule has 0 aromatic heterocycles. The molecule has 0 unspecified atom stereocenters. The zero-order valence-corrected chi connectivity index (χ0v) is 13.3. The lowest BCUT2D eigenvalue weighted by Crippen LogP contribution is -2.28. The lowest BCUT2D eigenvalue weighted by atomic mass is 9.90. The minimum absolute atomic E-state index is 0.637. The fourth-order valence-electron chi connectivity index (χ4n) is 3.08. The van der Waals surface area contributed by atoms with Crippen LogP contribution in [0.25, 0.3) is 0 Å². The van der Waals surface area contributed by atoms with E-state index in [1.165, 1.54) is 36.0 Å². The van der Waals surface area contributed by atoms with Crippen LogP contribution in [-0.4, -0.2) is 13.1 Å². The Morgan fingerprint density at radius 3 is 2.55 bits per heavy atom. The second kappa shape index (κ2) is 7.46. The van der Waals surface area contributed by atoms with E-state index in [1.807, 2.05) is 6.07 Å². The van der Waals surface area contributed by atoms with Crippen LogP contribution in [0, 0.1) is 12.8 Å². The maximum atomic E-state index is 6.04. The summed E-state index contributed by atoms with van der Waals surface area (Å²) in [5.74, 6) is 1.83. The van der Waals surface area contributed by atoms with Crippen molar-refractivity contribution >= 4 is 0 Å². The van der Waals surface area contributed by atoms with Crippen molar-refractivity contribution in [2.24, 2.45) is 5.92 Å². The summed E-state index contributed by atoms with van der Waals surface area (Å²) in [5.41, 5.74) is 3.83. The average Bonchev–Trinajstić information content (AvgIpc) is 2.57. The molecule has 1 heterocycles. The van der Waals surface area contributed by atoms with Crippen molar-refractivity contribution in [2.75, 3.05) is 13.1 Å². The van der Waals surface area contributed by atoms with Crippen molar-refractivity contribution in [1.82, 2.24) is 5.32 Å². The third-order valence-corrected chi connectivity index (χ3v) is 4.47. The van der Waals surface area contributed by atoms with Crippen LogP contribution in [0.3, 0.4) is 0 Å². The Morgan fingerprint density at radius 2 is 1.77 bits per heavy atom. The lowest BCUT2D eigenvalue weighted by Gasteiger charge is -2.23. The quantitative estimate of drug-likeness (QED) is 0.896. The van der Waals surface area contributed by atoms with Crippen LogP contribution in [0.15, 0.2) is 48.5 Å². The molecule has 1 aliphatic heterocycles. The summed E-state index contributed by atoms with van der Waals surface area (Å²) in [5, 5.41) is 3.43. The highest BCUT2D eigenvalue weighted by Crippen LogP contribution is 2.24. The van der Waals surface area contributed by atoms with E-state index < -0.39 is 0 Å². The van der Waals surface area contributed by atoms with Crippen LogP contribution >= 0.6 is 0 Å². The smallest absolute Gasteiger partial charge is 0.122 e. The molecular formula is C20H25NO. The van der Waals surface area contributed by atoms with Crippen LogP contribution in [0.4, 0.5) is 0 Å². The summed E-state index contributed by atoms with van der Waals surface area (Å²) >= 11 is 0. The molecule has 0 spiro atoms. The summed E-state index contributed by atoms with van der Waals surface area (Å²) in [6.45, 7) is 5.08. The fraction of sp³-hybridized carbons (Fsp3) is 0.400. The first-order chi connectivity index (χ1) is 10.8. The predicted molar refractivity (Wildman–Crippen MR) is 91.3 cm³/mol. The molecule has 1 saturated heterocycles. The average molecular weight is 295 g/mol. The molecule has 0 saturated carbocycles. The molecule has 1 fully saturated rings. The van der Waals surface area contributed by atoms with Gasteiger partial charge in [-0.2, -0.15) is 0 Å². The molecule has 2 aromatic carbocycles. The highest BCUT2D eigenvalue weighted by Gasteiger charge is 2.14. The number of hydrogen-bond acceptors (Lipinski definition) is 2. The molecule has 0 aliphatic carbocycles. The fourth-order valence-corrected chi connectivity index (χ4v) is 3.08. The third-order valence-electron chi connectivity index (χ3n) is 4.47. The Bertz CT molecular complexity index is 588. The summed E-state index contributed by atoms with van der Waals surface area (Å²) in [6.07, 6.45) is 3.74.